The molecule has 0 spiro atoms. The van der Waals surface area contributed by atoms with Crippen LogP contribution < -0.4 is 19.9 Å². The molecule has 0 unspecified atom stereocenters. The van der Waals surface area contributed by atoms with E-state index in [1.807, 2.05) is 12.1 Å². The molecule has 1 amide bonds. The number of carbonyl (C=O) groups is 1. The molecular formula is C23H30N3O2+. The fourth-order valence-electron chi connectivity index (χ4n) is 4.44. The Morgan fingerprint density at radius 2 is 2.00 bits per heavy atom. The van der Waals surface area contributed by atoms with Crippen molar-refractivity contribution >= 4 is 11.6 Å². The predicted octanol–water partition coefficient (Wildman–Crippen LogP) is 1.59. The summed E-state index contributed by atoms with van der Waals surface area (Å²) in [4.78, 5) is 16.4. The van der Waals surface area contributed by atoms with E-state index in [1.165, 1.54) is 21.7 Å². The summed E-state index contributed by atoms with van der Waals surface area (Å²) in [5.74, 6) is 1.06. The second-order valence-corrected chi connectivity index (χ2v) is 7.83. The van der Waals surface area contributed by atoms with Crippen molar-refractivity contribution in [2.24, 2.45) is 0 Å². The highest BCUT2D eigenvalue weighted by Gasteiger charge is 2.26. The maximum absolute atomic E-state index is 12.7. The van der Waals surface area contributed by atoms with Gasteiger partial charge in [-0.3, -0.25) is 4.79 Å². The summed E-state index contributed by atoms with van der Waals surface area (Å²) in [6.45, 7) is 4.44. The van der Waals surface area contributed by atoms with Crippen molar-refractivity contribution in [1.82, 2.24) is 5.32 Å². The van der Waals surface area contributed by atoms with Crippen LogP contribution in [-0.2, 0) is 11.2 Å². The van der Waals surface area contributed by atoms with Crippen molar-refractivity contribution in [3.63, 3.8) is 0 Å². The molecule has 148 valence electrons. The van der Waals surface area contributed by atoms with E-state index >= 15 is 0 Å². The van der Waals surface area contributed by atoms with E-state index in [-0.39, 0.29) is 11.9 Å². The highest BCUT2D eigenvalue weighted by molar-refractivity contribution is 5.77. The van der Waals surface area contributed by atoms with Gasteiger partial charge >= 0.3 is 0 Å². The summed E-state index contributed by atoms with van der Waals surface area (Å²) in [5.41, 5.74) is 3.89. The number of ether oxygens (including phenoxy) is 1. The molecule has 1 saturated heterocycles. The average Bonchev–Trinajstić information content (AvgIpc) is 2.74. The van der Waals surface area contributed by atoms with Gasteiger partial charge < -0.3 is 19.9 Å². The number of anilines is 1. The number of nitrogens with one attached hydrogen (secondary N) is 2. The molecule has 2 aromatic rings. The molecule has 1 aliphatic carbocycles. The zero-order chi connectivity index (χ0) is 19.3. The standard InChI is InChI=1S/C23H29N3O2/c1-28-20-9-5-8-19(16-20)26-14-12-25(13-15-26)17-23(27)24-22-11-4-7-18-6-2-3-10-21(18)22/h2-3,5-6,8-10,16,22H,4,7,11-15,17H2,1H3,(H,24,27)/p+1/t22-/m0/s1. The summed E-state index contributed by atoms with van der Waals surface area (Å²) in [6.07, 6.45) is 3.32. The smallest absolute Gasteiger partial charge is 0.275 e. The van der Waals surface area contributed by atoms with Gasteiger partial charge in [0.15, 0.2) is 6.54 Å². The largest absolute Gasteiger partial charge is 0.497 e. The van der Waals surface area contributed by atoms with E-state index in [0.717, 1.165) is 51.2 Å². The van der Waals surface area contributed by atoms with Gasteiger partial charge in [-0.25, -0.2) is 0 Å². The van der Waals surface area contributed by atoms with Crippen LogP contribution in [0.1, 0.15) is 30.0 Å². The minimum atomic E-state index is 0.173. The summed E-state index contributed by atoms with van der Waals surface area (Å²) >= 11 is 0. The molecule has 0 saturated carbocycles. The molecule has 4 rings (SSSR count). The molecule has 1 fully saturated rings. The Hall–Kier alpha value is -2.53. The number of carbonyl (C=O) groups excluding carboxylic acids is 1. The Morgan fingerprint density at radius 1 is 1.18 bits per heavy atom. The summed E-state index contributed by atoms with van der Waals surface area (Å²) in [7, 11) is 1.70. The number of aryl methyl sites for hydroxylation is 1. The number of methoxy groups -OCH3 is 1. The molecule has 1 aliphatic heterocycles. The molecule has 0 radical (unpaired) electrons. The van der Waals surface area contributed by atoms with Crippen molar-refractivity contribution in [3.05, 3.63) is 59.7 Å². The Kier molecular flexibility index (Phi) is 5.81. The summed E-state index contributed by atoms with van der Waals surface area (Å²) in [6, 6.07) is 16.9. The number of piperazine rings is 1. The summed E-state index contributed by atoms with van der Waals surface area (Å²) < 4.78 is 5.33. The van der Waals surface area contributed by atoms with Crippen LogP contribution in [0.5, 0.6) is 5.75 Å². The highest BCUT2D eigenvalue weighted by Crippen LogP contribution is 2.29. The molecular weight excluding hydrogens is 350 g/mol. The third kappa shape index (κ3) is 4.30. The topological polar surface area (TPSA) is 46.0 Å². The Morgan fingerprint density at radius 3 is 2.82 bits per heavy atom. The van der Waals surface area contributed by atoms with Crippen LogP contribution in [-0.4, -0.2) is 45.7 Å². The molecule has 2 aromatic carbocycles. The molecule has 0 aromatic heterocycles. The monoisotopic (exact) mass is 380 g/mol. The quantitative estimate of drug-likeness (QED) is 0.828. The lowest BCUT2D eigenvalue weighted by molar-refractivity contribution is -0.892. The molecule has 5 nitrogen and oxygen atoms in total. The van der Waals surface area contributed by atoms with E-state index in [4.69, 9.17) is 4.74 Å². The Balaban J connectivity index is 1.29. The van der Waals surface area contributed by atoms with E-state index in [0.29, 0.717) is 6.54 Å². The SMILES string of the molecule is COc1cccc(N2CC[NH+](CC(=O)N[C@H]3CCCc4ccccc43)CC2)c1. The van der Waals surface area contributed by atoms with Gasteiger partial charge in [0.25, 0.3) is 5.91 Å². The van der Waals surface area contributed by atoms with E-state index < -0.39 is 0 Å². The lowest BCUT2D eigenvalue weighted by atomic mass is 9.88. The van der Waals surface area contributed by atoms with Crippen LogP contribution in [0.3, 0.4) is 0 Å². The first-order chi connectivity index (χ1) is 13.7. The van der Waals surface area contributed by atoms with E-state index in [1.54, 1.807) is 7.11 Å². The van der Waals surface area contributed by atoms with E-state index in [9.17, 15) is 4.79 Å². The molecule has 5 heteroatoms. The molecule has 28 heavy (non-hydrogen) atoms. The zero-order valence-electron chi connectivity index (χ0n) is 16.6. The van der Waals surface area contributed by atoms with Crippen LogP contribution in [0.2, 0.25) is 0 Å². The van der Waals surface area contributed by atoms with Crippen LogP contribution in [0.4, 0.5) is 5.69 Å². The first kappa shape index (κ1) is 18.8. The molecule has 1 atom stereocenters. The average molecular weight is 381 g/mol. The Bertz CT molecular complexity index is 815. The summed E-state index contributed by atoms with van der Waals surface area (Å²) in [5, 5.41) is 3.29. The minimum Gasteiger partial charge on any atom is -0.497 e. The zero-order valence-corrected chi connectivity index (χ0v) is 16.6. The van der Waals surface area contributed by atoms with Crippen LogP contribution in [0, 0.1) is 0 Å². The number of quaternary nitrogens is 1. The van der Waals surface area contributed by atoms with Crippen molar-refractivity contribution in [2.75, 3.05) is 44.7 Å². The number of rotatable bonds is 5. The van der Waals surface area contributed by atoms with Crippen molar-refractivity contribution in [2.45, 2.75) is 25.3 Å². The fourth-order valence-corrected chi connectivity index (χ4v) is 4.44. The van der Waals surface area contributed by atoms with Crippen LogP contribution in [0.25, 0.3) is 0 Å². The number of nitrogens with zero attached hydrogens (tertiary/aromatic N) is 1. The van der Waals surface area contributed by atoms with Gasteiger partial charge in [-0.2, -0.15) is 0 Å². The third-order valence-electron chi connectivity index (χ3n) is 6.00. The maximum atomic E-state index is 12.7. The van der Waals surface area contributed by atoms with Gasteiger partial charge in [0.05, 0.1) is 39.3 Å². The van der Waals surface area contributed by atoms with Crippen molar-refractivity contribution in [3.8, 4) is 5.75 Å². The van der Waals surface area contributed by atoms with Crippen LogP contribution in [0.15, 0.2) is 48.5 Å². The second kappa shape index (κ2) is 8.65. The number of amides is 1. The number of benzene rings is 2. The van der Waals surface area contributed by atoms with Crippen LogP contribution >= 0.6 is 0 Å². The number of hydrogen-bond donors (Lipinski definition) is 2. The molecule has 2 aliphatic rings. The van der Waals surface area contributed by atoms with Gasteiger partial charge in [0.2, 0.25) is 0 Å². The molecule has 1 heterocycles. The minimum absolute atomic E-state index is 0.173. The first-order valence-electron chi connectivity index (χ1n) is 10.3. The maximum Gasteiger partial charge on any atom is 0.275 e. The Labute approximate surface area is 167 Å². The number of hydrogen-bond acceptors (Lipinski definition) is 3. The van der Waals surface area contributed by atoms with Crippen molar-refractivity contribution < 1.29 is 14.4 Å². The van der Waals surface area contributed by atoms with Crippen molar-refractivity contribution in [1.29, 1.82) is 0 Å². The van der Waals surface area contributed by atoms with Gasteiger partial charge in [0.1, 0.15) is 5.75 Å². The molecule has 2 N–H and O–H groups in total. The molecule has 0 bridgehead atoms. The fraction of sp³-hybridized carbons (Fsp3) is 0.435. The normalized spacial score (nSPS) is 19.8. The second-order valence-electron chi connectivity index (χ2n) is 7.83. The van der Waals surface area contributed by atoms with Gasteiger partial charge in [-0.15, -0.1) is 0 Å². The third-order valence-corrected chi connectivity index (χ3v) is 6.00. The lowest BCUT2D eigenvalue weighted by Gasteiger charge is -2.34. The van der Waals surface area contributed by atoms with Gasteiger partial charge in [0, 0.05) is 11.8 Å². The highest BCUT2D eigenvalue weighted by atomic mass is 16.5. The number of fused-ring (bicyclic) bond motifs is 1. The first-order valence-corrected chi connectivity index (χ1v) is 10.3. The predicted molar refractivity (Wildman–Crippen MR) is 111 cm³/mol. The van der Waals surface area contributed by atoms with Gasteiger partial charge in [-0.05, 0) is 42.5 Å². The van der Waals surface area contributed by atoms with E-state index in [2.05, 4.69) is 46.6 Å². The van der Waals surface area contributed by atoms with Gasteiger partial charge in [-0.1, -0.05) is 30.3 Å². The lowest BCUT2D eigenvalue weighted by Crippen LogP contribution is -3.16.